The van der Waals surface area contributed by atoms with E-state index < -0.39 is 21.0 Å². The van der Waals surface area contributed by atoms with Gasteiger partial charge in [0.05, 0.1) is 12.0 Å². The normalized spacial score (nSPS) is 20.4. The minimum atomic E-state index is -3.65. The maximum absolute atomic E-state index is 13.1. The molecule has 0 bridgehead atoms. The minimum Gasteiger partial charge on any atom is -0.497 e. The fourth-order valence-corrected chi connectivity index (χ4v) is 5.09. The number of methoxy groups -OCH3 is 1. The largest absolute Gasteiger partial charge is 0.497 e. The minimum absolute atomic E-state index is 0.136. The Labute approximate surface area is 136 Å². The molecule has 2 aromatic carbocycles. The summed E-state index contributed by atoms with van der Waals surface area (Å²) < 4.78 is 31.3. The summed E-state index contributed by atoms with van der Waals surface area (Å²) in [6.07, 6.45) is 0. The van der Waals surface area contributed by atoms with Crippen LogP contribution in [0.4, 0.5) is 0 Å². The van der Waals surface area contributed by atoms with Gasteiger partial charge in [-0.2, -0.15) is 0 Å². The lowest BCUT2D eigenvalue weighted by atomic mass is 10.1. The molecule has 4 nitrogen and oxygen atoms in total. The van der Waals surface area contributed by atoms with Crippen LogP contribution >= 0.6 is 0 Å². The van der Waals surface area contributed by atoms with Gasteiger partial charge in [-0.1, -0.05) is 24.6 Å². The molecule has 0 unspecified atom stereocenters. The average molecular weight is 330 g/mol. The average Bonchev–Trinajstić information content (AvgIpc) is 2.79. The number of aryl methyl sites for hydroxylation is 1. The highest BCUT2D eigenvalue weighted by molar-refractivity contribution is 7.91. The first kappa shape index (κ1) is 15.7. The number of carbonyl (C=O) groups is 1. The molecule has 0 saturated carbocycles. The summed E-state index contributed by atoms with van der Waals surface area (Å²) >= 11 is 0. The van der Waals surface area contributed by atoms with Crippen molar-refractivity contribution < 1.29 is 17.9 Å². The monoisotopic (exact) mass is 330 g/mol. The van der Waals surface area contributed by atoms with Crippen LogP contribution < -0.4 is 4.74 Å². The van der Waals surface area contributed by atoms with Crippen LogP contribution in [0.1, 0.15) is 33.7 Å². The molecule has 2 aromatic rings. The summed E-state index contributed by atoms with van der Waals surface area (Å²) in [6, 6.07) is 11.7. The van der Waals surface area contributed by atoms with Crippen LogP contribution in [-0.4, -0.2) is 21.3 Å². The number of ketones is 1. The summed E-state index contributed by atoms with van der Waals surface area (Å²) in [4.78, 5) is 12.7. The Balaban J connectivity index is 2.16. The lowest BCUT2D eigenvalue weighted by molar-refractivity contribution is 0.0943. The number of rotatable bonds is 3. The Morgan fingerprint density at radius 1 is 1.04 bits per heavy atom. The van der Waals surface area contributed by atoms with E-state index in [-0.39, 0.29) is 10.7 Å². The Kier molecular flexibility index (Phi) is 3.76. The van der Waals surface area contributed by atoms with Crippen LogP contribution in [-0.2, 0) is 9.84 Å². The van der Waals surface area contributed by atoms with E-state index in [0.29, 0.717) is 16.9 Å². The molecule has 1 aliphatic rings. The number of fused-ring (bicyclic) bond motifs is 1. The maximum Gasteiger partial charge on any atom is 0.186 e. The highest BCUT2D eigenvalue weighted by Crippen LogP contribution is 2.45. The van der Waals surface area contributed by atoms with Gasteiger partial charge in [0.1, 0.15) is 11.0 Å². The molecule has 23 heavy (non-hydrogen) atoms. The molecule has 5 heteroatoms. The van der Waals surface area contributed by atoms with Gasteiger partial charge in [0.15, 0.2) is 15.6 Å². The summed E-state index contributed by atoms with van der Waals surface area (Å²) in [7, 11) is -2.13. The standard InChI is InChI=1S/C18H18O4S/c1-11-4-7-14(8-5-11)23(20,21)18-12(2)17(19)15-9-6-13(22-3)10-16(15)18/h4-10,12,18H,1-3H3/t12-,18+/m1/s1. The van der Waals surface area contributed by atoms with Gasteiger partial charge in [-0.15, -0.1) is 0 Å². The number of benzene rings is 2. The first-order valence-electron chi connectivity index (χ1n) is 7.39. The number of sulfone groups is 1. The number of carbonyl (C=O) groups excluding carboxylic acids is 1. The van der Waals surface area contributed by atoms with Gasteiger partial charge in [-0.05, 0) is 42.8 Å². The number of ether oxygens (including phenoxy) is 1. The predicted octanol–water partition coefficient (Wildman–Crippen LogP) is 3.35. The third kappa shape index (κ3) is 2.45. The van der Waals surface area contributed by atoms with Crippen LogP contribution in [0, 0.1) is 12.8 Å². The molecule has 0 aliphatic heterocycles. The number of Topliss-reactive ketones (excluding diaryl/α,β-unsaturated/α-hetero) is 1. The van der Waals surface area contributed by atoms with Gasteiger partial charge < -0.3 is 4.74 Å². The Hall–Kier alpha value is -2.14. The van der Waals surface area contributed by atoms with E-state index in [2.05, 4.69) is 0 Å². The second kappa shape index (κ2) is 5.49. The van der Waals surface area contributed by atoms with Crippen LogP contribution in [0.2, 0.25) is 0 Å². The Morgan fingerprint density at radius 3 is 2.30 bits per heavy atom. The molecule has 1 aliphatic carbocycles. The van der Waals surface area contributed by atoms with Crippen LogP contribution in [0.25, 0.3) is 0 Å². The van der Waals surface area contributed by atoms with Crippen LogP contribution in [0.15, 0.2) is 47.4 Å². The zero-order valence-electron chi connectivity index (χ0n) is 13.2. The molecule has 0 aromatic heterocycles. The second-order valence-corrected chi connectivity index (χ2v) is 7.95. The van der Waals surface area contributed by atoms with Crippen LogP contribution in [0.3, 0.4) is 0 Å². The molecule has 2 atom stereocenters. The van der Waals surface area contributed by atoms with Gasteiger partial charge in [0, 0.05) is 11.5 Å². The van der Waals surface area contributed by atoms with E-state index in [9.17, 15) is 13.2 Å². The molecule has 0 N–H and O–H groups in total. The SMILES string of the molecule is COc1ccc2c(c1)[C@@H](S(=O)(=O)c1ccc(C)cc1)[C@H](C)C2=O. The van der Waals surface area contributed by atoms with Crippen LogP contribution in [0.5, 0.6) is 5.75 Å². The van der Waals surface area contributed by atoms with Gasteiger partial charge >= 0.3 is 0 Å². The third-order valence-electron chi connectivity index (χ3n) is 4.38. The molecule has 0 amide bonds. The van der Waals surface area contributed by atoms with E-state index in [1.54, 1.807) is 49.4 Å². The lowest BCUT2D eigenvalue weighted by Gasteiger charge is -2.17. The molecule has 120 valence electrons. The smallest absolute Gasteiger partial charge is 0.186 e. The van der Waals surface area contributed by atoms with Gasteiger partial charge in [-0.25, -0.2) is 8.42 Å². The lowest BCUT2D eigenvalue weighted by Crippen LogP contribution is -2.19. The molecule has 0 spiro atoms. The van der Waals surface area contributed by atoms with Crippen molar-refractivity contribution in [2.24, 2.45) is 5.92 Å². The van der Waals surface area contributed by atoms with E-state index in [0.717, 1.165) is 5.56 Å². The fraction of sp³-hybridized carbons (Fsp3) is 0.278. The Morgan fingerprint density at radius 2 is 1.70 bits per heavy atom. The van der Waals surface area contributed by atoms with Crippen molar-refractivity contribution in [3.05, 3.63) is 59.2 Å². The molecule has 3 rings (SSSR count). The first-order valence-corrected chi connectivity index (χ1v) is 8.93. The third-order valence-corrected chi connectivity index (χ3v) is 6.64. The van der Waals surface area contributed by atoms with Crippen molar-refractivity contribution in [1.29, 1.82) is 0 Å². The quantitative estimate of drug-likeness (QED) is 0.866. The summed E-state index contributed by atoms with van der Waals surface area (Å²) in [5.41, 5.74) is 1.99. The molecule has 0 saturated heterocycles. The maximum atomic E-state index is 13.1. The first-order chi connectivity index (χ1) is 10.9. The summed E-state index contributed by atoms with van der Waals surface area (Å²) in [5.74, 6) is -0.193. The van der Waals surface area contributed by atoms with Gasteiger partial charge in [0.2, 0.25) is 0 Å². The molecule has 0 fully saturated rings. The molecule has 0 heterocycles. The van der Waals surface area contributed by atoms with Crippen molar-refractivity contribution in [2.75, 3.05) is 7.11 Å². The van der Waals surface area contributed by atoms with Crippen molar-refractivity contribution in [3.63, 3.8) is 0 Å². The van der Waals surface area contributed by atoms with Crippen molar-refractivity contribution >= 4 is 15.6 Å². The Bertz CT molecular complexity index is 866. The summed E-state index contributed by atoms with van der Waals surface area (Å²) in [6.45, 7) is 3.57. The molecular weight excluding hydrogens is 312 g/mol. The zero-order valence-corrected chi connectivity index (χ0v) is 14.1. The number of hydrogen-bond acceptors (Lipinski definition) is 4. The number of hydrogen-bond donors (Lipinski definition) is 0. The van der Waals surface area contributed by atoms with E-state index in [1.807, 2.05) is 6.92 Å². The van der Waals surface area contributed by atoms with Crippen molar-refractivity contribution in [3.8, 4) is 5.75 Å². The topological polar surface area (TPSA) is 60.4 Å². The van der Waals surface area contributed by atoms with E-state index in [4.69, 9.17) is 4.74 Å². The zero-order chi connectivity index (χ0) is 16.8. The van der Waals surface area contributed by atoms with Gasteiger partial charge in [0.25, 0.3) is 0 Å². The highest BCUT2D eigenvalue weighted by Gasteiger charge is 2.45. The van der Waals surface area contributed by atoms with Crippen molar-refractivity contribution in [2.45, 2.75) is 24.0 Å². The highest BCUT2D eigenvalue weighted by atomic mass is 32.2. The van der Waals surface area contributed by atoms with Crippen molar-refractivity contribution in [1.82, 2.24) is 0 Å². The molecule has 0 radical (unpaired) electrons. The van der Waals surface area contributed by atoms with Gasteiger partial charge in [-0.3, -0.25) is 4.79 Å². The van der Waals surface area contributed by atoms with E-state index >= 15 is 0 Å². The summed E-state index contributed by atoms with van der Waals surface area (Å²) in [5, 5.41) is -0.872. The molecular formula is C18H18O4S. The van der Waals surface area contributed by atoms with E-state index in [1.165, 1.54) is 7.11 Å². The fourth-order valence-electron chi connectivity index (χ4n) is 3.09. The predicted molar refractivity (Wildman–Crippen MR) is 87.6 cm³/mol. The second-order valence-electron chi connectivity index (χ2n) is 5.88.